The summed E-state index contributed by atoms with van der Waals surface area (Å²) in [4.78, 5) is 24.2. The Bertz CT molecular complexity index is 1190. The van der Waals surface area contributed by atoms with Crippen molar-refractivity contribution in [1.29, 1.82) is 5.26 Å². The summed E-state index contributed by atoms with van der Waals surface area (Å²) in [6, 6.07) is 17.0. The first-order valence-corrected chi connectivity index (χ1v) is 9.27. The molecule has 0 aliphatic carbocycles. The maximum atomic E-state index is 12.4. The van der Waals surface area contributed by atoms with Crippen molar-refractivity contribution in [3.63, 3.8) is 0 Å². The topological polar surface area (TPSA) is 92.3 Å². The third-order valence-electron chi connectivity index (χ3n) is 4.21. The van der Waals surface area contributed by atoms with Crippen LogP contribution in [0.15, 0.2) is 64.6 Å². The summed E-state index contributed by atoms with van der Waals surface area (Å²) < 4.78 is 10.4. The molecule has 0 aliphatic rings. The number of hydrogen-bond acceptors (Lipinski definition) is 5. The van der Waals surface area contributed by atoms with Gasteiger partial charge in [-0.3, -0.25) is 4.79 Å². The number of carbonyl (C=O) groups excluding carboxylic acids is 2. The number of anilines is 1. The van der Waals surface area contributed by atoms with E-state index in [0.717, 1.165) is 5.56 Å². The van der Waals surface area contributed by atoms with Gasteiger partial charge in [0.25, 0.3) is 5.91 Å². The lowest BCUT2D eigenvalue weighted by Gasteiger charge is -2.05. The van der Waals surface area contributed by atoms with Gasteiger partial charge in [-0.05, 0) is 55.0 Å². The minimum atomic E-state index is -0.549. The van der Waals surface area contributed by atoms with Crippen LogP contribution in [0.3, 0.4) is 0 Å². The van der Waals surface area contributed by atoms with Gasteiger partial charge in [-0.1, -0.05) is 23.7 Å². The van der Waals surface area contributed by atoms with E-state index in [1.54, 1.807) is 42.5 Å². The highest BCUT2D eigenvalue weighted by Crippen LogP contribution is 2.31. The summed E-state index contributed by atoms with van der Waals surface area (Å²) in [5.41, 5.74) is 2.26. The fourth-order valence-corrected chi connectivity index (χ4v) is 2.96. The van der Waals surface area contributed by atoms with Crippen molar-refractivity contribution in [2.45, 2.75) is 6.92 Å². The van der Waals surface area contributed by atoms with E-state index in [0.29, 0.717) is 33.4 Å². The lowest BCUT2D eigenvalue weighted by Crippen LogP contribution is -2.13. The molecule has 150 valence electrons. The second-order valence-corrected chi connectivity index (χ2v) is 6.79. The molecule has 0 aliphatic heterocycles. The number of halogens is 1. The molecule has 30 heavy (non-hydrogen) atoms. The Morgan fingerprint density at radius 3 is 2.67 bits per heavy atom. The van der Waals surface area contributed by atoms with Crippen LogP contribution in [0.25, 0.3) is 17.4 Å². The molecular weight excluding hydrogens is 404 g/mol. The highest BCUT2D eigenvalue weighted by Gasteiger charge is 2.15. The number of hydrogen-bond donors (Lipinski definition) is 1. The van der Waals surface area contributed by atoms with E-state index in [1.807, 2.05) is 25.1 Å². The molecule has 3 rings (SSSR count). The first kappa shape index (κ1) is 20.9. The summed E-state index contributed by atoms with van der Waals surface area (Å²) in [6.07, 6.45) is 1.34. The van der Waals surface area contributed by atoms with Crippen LogP contribution in [-0.4, -0.2) is 19.0 Å². The molecule has 0 spiro atoms. The molecule has 0 atom stereocenters. The maximum Gasteiger partial charge on any atom is 0.337 e. The molecule has 3 aromatic rings. The number of furan rings is 1. The van der Waals surface area contributed by atoms with Gasteiger partial charge in [0.05, 0.1) is 17.7 Å². The zero-order chi connectivity index (χ0) is 21.7. The fourth-order valence-electron chi connectivity index (χ4n) is 2.75. The zero-order valence-electron chi connectivity index (χ0n) is 16.2. The first-order valence-electron chi connectivity index (χ1n) is 8.89. The Kier molecular flexibility index (Phi) is 6.35. The van der Waals surface area contributed by atoms with E-state index in [1.165, 1.54) is 13.2 Å². The third-order valence-corrected chi connectivity index (χ3v) is 4.54. The van der Waals surface area contributed by atoms with Crippen LogP contribution in [0.1, 0.15) is 21.7 Å². The number of nitriles is 1. The van der Waals surface area contributed by atoms with Crippen LogP contribution in [-0.2, 0) is 9.53 Å². The largest absolute Gasteiger partial charge is 0.465 e. The van der Waals surface area contributed by atoms with Crippen LogP contribution in [0.4, 0.5) is 5.69 Å². The van der Waals surface area contributed by atoms with Crippen molar-refractivity contribution in [3.05, 3.63) is 82.1 Å². The average molecular weight is 421 g/mol. The van der Waals surface area contributed by atoms with Crippen LogP contribution in [0.2, 0.25) is 5.02 Å². The summed E-state index contributed by atoms with van der Waals surface area (Å²) in [5, 5.41) is 12.5. The second-order valence-electron chi connectivity index (χ2n) is 6.38. The molecular formula is C23H17ClN2O4. The van der Waals surface area contributed by atoms with Gasteiger partial charge in [-0.25, -0.2) is 4.79 Å². The molecule has 0 unspecified atom stereocenters. The van der Waals surface area contributed by atoms with Crippen molar-refractivity contribution in [2.75, 3.05) is 12.4 Å². The molecule has 1 heterocycles. The number of carbonyl (C=O) groups is 2. The lowest BCUT2D eigenvalue weighted by atomic mass is 10.1. The smallest absolute Gasteiger partial charge is 0.337 e. The predicted octanol–water partition coefficient (Wildman–Crippen LogP) is 5.24. The Morgan fingerprint density at radius 2 is 1.97 bits per heavy atom. The Morgan fingerprint density at radius 1 is 1.17 bits per heavy atom. The number of amides is 1. The van der Waals surface area contributed by atoms with E-state index < -0.39 is 11.9 Å². The molecule has 1 amide bonds. The van der Waals surface area contributed by atoms with Gasteiger partial charge in [0.1, 0.15) is 23.2 Å². The second kappa shape index (κ2) is 9.12. The summed E-state index contributed by atoms with van der Waals surface area (Å²) in [7, 11) is 1.29. The minimum absolute atomic E-state index is 0.119. The number of ether oxygens (including phenoxy) is 1. The fraction of sp³-hybridized carbons (Fsp3) is 0.0870. The molecule has 7 heteroatoms. The molecule has 0 radical (unpaired) electrons. The van der Waals surface area contributed by atoms with Gasteiger partial charge in [0.15, 0.2) is 0 Å². The van der Waals surface area contributed by atoms with E-state index in [-0.39, 0.29) is 5.57 Å². The van der Waals surface area contributed by atoms with Gasteiger partial charge < -0.3 is 14.5 Å². The molecule has 0 bridgehead atoms. The Hall–Kier alpha value is -3.82. The van der Waals surface area contributed by atoms with Crippen molar-refractivity contribution >= 4 is 35.2 Å². The van der Waals surface area contributed by atoms with Gasteiger partial charge in [-0.15, -0.1) is 0 Å². The normalized spacial score (nSPS) is 10.9. The summed E-state index contributed by atoms with van der Waals surface area (Å²) in [5.74, 6) is -0.375. The summed E-state index contributed by atoms with van der Waals surface area (Å²) >= 11 is 6.23. The van der Waals surface area contributed by atoms with Crippen LogP contribution in [0.5, 0.6) is 0 Å². The number of methoxy groups -OCH3 is 1. The monoisotopic (exact) mass is 420 g/mol. The van der Waals surface area contributed by atoms with Crippen molar-refractivity contribution < 1.29 is 18.7 Å². The lowest BCUT2D eigenvalue weighted by molar-refractivity contribution is -0.112. The van der Waals surface area contributed by atoms with Crippen LogP contribution < -0.4 is 5.32 Å². The van der Waals surface area contributed by atoms with Gasteiger partial charge >= 0.3 is 5.97 Å². The molecule has 0 fully saturated rings. The van der Waals surface area contributed by atoms with Crippen LogP contribution >= 0.6 is 11.6 Å². The number of rotatable bonds is 5. The van der Waals surface area contributed by atoms with E-state index in [2.05, 4.69) is 5.32 Å². The van der Waals surface area contributed by atoms with E-state index in [9.17, 15) is 14.9 Å². The number of nitrogens with zero attached hydrogens (tertiary/aromatic N) is 1. The van der Waals surface area contributed by atoms with Crippen molar-refractivity contribution in [2.24, 2.45) is 0 Å². The molecule has 0 saturated heterocycles. The molecule has 1 aromatic heterocycles. The molecule has 6 nitrogen and oxygen atoms in total. The molecule has 2 aromatic carbocycles. The quantitative estimate of drug-likeness (QED) is 0.346. The SMILES string of the molecule is COC(=O)c1ccc(Cl)c(-c2ccc(/C=C(/C#N)C(=O)Nc3cccc(C)c3)o2)c1. The summed E-state index contributed by atoms with van der Waals surface area (Å²) in [6.45, 7) is 1.90. The Labute approximate surface area is 178 Å². The van der Waals surface area contributed by atoms with E-state index >= 15 is 0 Å². The predicted molar refractivity (Wildman–Crippen MR) is 114 cm³/mol. The van der Waals surface area contributed by atoms with Gasteiger partial charge in [0, 0.05) is 17.3 Å². The third kappa shape index (κ3) is 4.77. The van der Waals surface area contributed by atoms with Crippen LogP contribution in [0, 0.1) is 18.3 Å². The standard InChI is InChI=1S/C23H17ClN2O4/c1-14-4-3-5-17(10-14)26-22(27)16(13-25)11-18-7-9-21(30-18)19-12-15(23(28)29-2)6-8-20(19)24/h3-12H,1-2H3,(H,26,27)/b16-11-. The number of benzene rings is 2. The average Bonchev–Trinajstić information content (AvgIpc) is 3.20. The minimum Gasteiger partial charge on any atom is -0.465 e. The van der Waals surface area contributed by atoms with Gasteiger partial charge in [-0.2, -0.15) is 5.26 Å². The Balaban J connectivity index is 1.86. The van der Waals surface area contributed by atoms with Crippen molar-refractivity contribution in [1.82, 2.24) is 0 Å². The van der Waals surface area contributed by atoms with Crippen molar-refractivity contribution in [3.8, 4) is 17.4 Å². The number of aryl methyl sites for hydroxylation is 1. The molecule has 0 saturated carbocycles. The molecule has 1 N–H and O–H groups in total. The van der Waals surface area contributed by atoms with Gasteiger partial charge in [0.2, 0.25) is 0 Å². The highest BCUT2D eigenvalue weighted by molar-refractivity contribution is 6.33. The number of nitrogens with one attached hydrogen (secondary N) is 1. The first-order chi connectivity index (χ1) is 14.4. The van der Waals surface area contributed by atoms with E-state index in [4.69, 9.17) is 20.8 Å². The zero-order valence-corrected chi connectivity index (χ0v) is 17.0. The highest BCUT2D eigenvalue weighted by atomic mass is 35.5. The number of esters is 1. The maximum absolute atomic E-state index is 12.4.